The zero-order valence-electron chi connectivity index (χ0n) is 15.8. The van der Waals surface area contributed by atoms with E-state index in [2.05, 4.69) is 10.2 Å². The minimum absolute atomic E-state index is 0.0781. The van der Waals surface area contributed by atoms with Crippen LogP contribution in [0, 0.1) is 0 Å². The lowest BCUT2D eigenvalue weighted by atomic mass is 10.2. The van der Waals surface area contributed by atoms with Crippen molar-refractivity contribution >= 4 is 16.7 Å². The van der Waals surface area contributed by atoms with E-state index >= 15 is 0 Å². The molecule has 6 nitrogen and oxygen atoms in total. The van der Waals surface area contributed by atoms with Gasteiger partial charge in [-0.1, -0.05) is 42.5 Å². The number of hydrogen-bond acceptors (Lipinski definition) is 4. The van der Waals surface area contributed by atoms with Gasteiger partial charge in [0.15, 0.2) is 5.82 Å². The van der Waals surface area contributed by atoms with Gasteiger partial charge in [0.1, 0.15) is 5.75 Å². The van der Waals surface area contributed by atoms with Crippen LogP contribution in [0.25, 0.3) is 28.1 Å². The topological polar surface area (TPSA) is 61.4 Å². The van der Waals surface area contributed by atoms with E-state index in [0.29, 0.717) is 23.5 Å². The van der Waals surface area contributed by atoms with Gasteiger partial charge in [-0.15, -0.1) is 10.2 Å². The highest BCUT2D eigenvalue weighted by Gasteiger charge is 2.17. The molecule has 0 unspecified atom stereocenters. The second-order valence-electron chi connectivity index (χ2n) is 6.78. The Balaban J connectivity index is 1.80. The summed E-state index contributed by atoms with van der Waals surface area (Å²) in [6, 6.07) is 25.1. The number of fused-ring (bicyclic) bond motifs is 3. The third kappa shape index (κ3) is 2.86. The van der Waals surface area contributed by atoms with E-state index in [1.807, 2.05) is 83.3 Å². The summed E-state index contributed by atoms with van der Waals surface area (Å²) < 4.78 is 8.88. The fraction of sp³-hybridized carbons (Fsp3) is 0.0870. The Kier molecular flexibility index (Phi) is 4.09. The smallest absolute Gasteiger partial charge is 0.263 e. The predicted octanol–water partition coefficient (Wildman–Crippen LogP) is 3.77. The SMILES string of the molecule is COc1ccc(-c2nnc3n(Cc4ccccc4)c(=O)c4ccccc4n23)cc1. The summed E-state index contributed by atoms with van der Waals surface area (Å²) in [5.74, 6) is 1.97. The van der Waals surface area contributed by atoms with Crippen LogP contribution in [0.2, 0.25) is 0 Å². The standard InChI is InChI=1S/C23H18N4O2/c1-29-18-13-11-17(12-14-18)21-24-25-23-26(15-16-7-3-2-4-8-16)22(28)19-9-5-6-10-20(19)27(21)23/h2-14H,15H2,1H3. The van der Waals surface area contributed by atoms with Crippen molar-refractivity contribution in [2.24, 2.45) is 0 Å². The maximum absolute atomic E-state index is 13.2. The monoisotopic (exact) mass is 382 g/mol. The first kappa shape index (κ1) is 17.2. The third-order valence-electron chi connectivity index (χ3n) is 5.04. The van der Waals surface area contributed by atoms with Crippen LogP contribution in [-0.2, 0) is 6.54 Å². The second-order valence-corrected chi connectivity index (χ2v) is 6.78. The van der Waals surface area contributed by atoms with Crippen LogP contribution in [0.15, 0.2) is 83.7 Å². The molecule has 0 saturated carbocycles. The Morgan fingerprint density at radius 2 is 1.59 bits per heavy atom. The van der Waals surface area contributed by atoms with Crippen molar-refractivity contribution in [3.8, 4) is 17.1 Å². The molecule has 2 aromatic heterocycles. The Bertz CT molecular complexity index is 1370. The van der Waals surface area contributed by atoms with E-state index in [4.69, 9.17) is 4.74 Å². The van der Waals surface area contributed by atoms with Crippen LogP contribution in [0.1, 0.15) is 5.56 Å². The first-order valence-electron chi connectivity index (χ1n) is 9.31. The molecule has 0 atom stereocenters. The van der Waals surface area contributed by atoms with Gasteiger partial charge < -0.3 is 4.74 Å². The summed E-state index contributed by atoms with van der Waals surface area (Å²) in [6.45, 7) is 0.425. The molecule has 0 N–H and O–H groups in total. The van der Waals surface area contributed by atoms with E-state index in [-0.39, 0.29) is 5.56 Å². The van der Waals surface area contributed by atoms with Crippen molar-refractivity contribution in [1.82, 2.24) is 19.2 Å². The highest BCUT2D eigenvalue weighted by atomic mass is 16.5. The molecular formula is C23H18N4O2. The van der Waals surface area contributed by atoms with E-state index in [9.17, 15) is 4.79 Å². The van der Waals surface area contributed by atoms with Crippen LogP contribution in [0.4, 0.5) is 0 Å². The lowest BCUT2D eigenvalue weighted by Crippen LogP contribution is -2.24. The van der Waals surface area contributed by atoms with Gasteiger partial charge in [-0.3, -0.25) is 13.8 Å². The Morgan fingerprint density at radius 3 is 2.34 bits per heavy atom. The van der Waals surface area contributed by atoms with Gasteiger partial charge in [0.25, 0.3) is 5.56 Å². The van der Waals surface area contributed by atoms with Crippen LogP contribution < -0.4 is 10.3 Å². The van der Waals surface area contributed by atoms with Crippen LogP contribution in [0.5, 0.6) is 5.75 Å². The van der Waals surface area contributed by atoms with Crippen LogP contribution >= 0.6 is 0 Å². The first-order valence-corrected chi connectivity index (χ1v) is 9.31. The number of methoxy groups -OCH3 is 1. The van der Waals surface area contributed by atoms with Crippen molar-refractivity contribution in [2.45, 2.75) is 6.54 Å². The van der Waals surface area contributed by atoms with Crippen molar-refractivity contribution in [3.63, 3.8) is 0 Å². The average Bonchev–Trinajstić information content (AvgIpc) is 3.22. The molecule has 0 radical (unpaired) electrons. The van der Waals surface area contributed by atoms with Crippen molar-refractivity contribution in [3.05, 3.63) is 94.8 Å². The molecule has 0 fully saturated rings. The molecular weight excluding hydrogens is 364 g/mol. The largest absolute Gasteiger partial charge is 0.497 e. The molecule has 29 heavy (non-hydrogen) atoms. The molecule has 0 amide bonds. The summed E-state index contributed by atoms with van der Waals surface area (Å²) in [5, 5.41) is 9.45. The molecule has 0 aliphatic heterocycles. The van der Waals surface area contributed by atoms with Crippen molar-refractivity contribution in [1.29, 1.82) is 0 Å². The molecule has 5 aromatic rings. The summed E-state index contributed by atoms with van der Waals surface area (Å²) in [7, 11) is 1.64. The Morgan fingerprint density at radius 1 is 0.862 bits per heavy atom. The van der Waals surface area contributed by atoms with Crippen LogP contribution in [0.3, 0.4) is 0 Å². The number of ether oxygens (including phenoxy) is 1. The van der Waals surface area contributed by atoms with Crippen LogP contribution in [-0.4, -0.2) is 26.3 Å². The highest BCUT2D eigenvalue weighted by Crippen LogP contribution is 2.24. The fourth-order valence-corrected chi connectivity index (χ4v) is 3.59. The molecule has 0 saturated heterocycles. The molecule has 3 aromatic carbocycles. The number of rotatable bonds is 4. The molecule has 0 spiro atoms. The number of para-hydroxylation sites is 1. The lowest BCUT2D eigenvalue weighted by molar-refractivity contribution is 0.415. The van der Waals surface area contributed by atoms with Gasteiger partial charge in [-0.2, -0.15) is 0 Å². The third-order valence-corrected chi connectivity index (χ3v) is 5.04. The van der Waals surface area contributed by atoms with E-state index in [0.717, 1.165) is 22.4 Å². The number of nitrogens with zero attached hydrogens (tertiary/aromatic N) is 4. The average molecular weight is 382 g/mol. The molecule has 0 bridgehead atoms. The van der Waals surface area contributed by atoms with Gasteiger partial charge in [-0.25, -0.2) is 0 Å². The van der Waals surface area contributed by atoms with Crippen molar-refractivity contribution in [2.75, 3.05) is 7.11 Å². The first-order chi connectivity index (χ1) is 14.3. The van der Waals surface area contributed by atoms with Gasteiger partial charge in [-0.05, 0) is 42.0 Å². The summed E-state index contributed by atoms with van der Waals surface area (Å²) >= 11 is 0. The molecule has 0 aliphatic rings. The maximum Gasteiger partial charge on any atom is 0.263 e. The predicted molar refractivity (Wildman–Crippen MR) is 112 cm³/mol. The molecule has 142 valence electrons. The Hall–Kier alpha value is -3.93. The van der Waals surface area contributed by atoms with Crippen molar-refractivity contribution < 1.29 is 4.74 Å². The summed E-state index contributed by atoms with van der Waals surface area (Å²) in [5.41, 5.74) is 2.63. The van der Waals surface area contributed by atoms with Gasteiger partial charge in [0.05, 0.1) is 24.6 Å². The lowest BCUT2D eigenvalue weighted by Gasteiger charge is -2.11. The van der Waals surface area contributed by atoms with Gasteiger partial charge >= 0.3 is 0 Å². The second kappa shape index (κ2) is 6.91. The maximum atomic E-state index is 13.2. The van der Waals surface area contributed by atoms with Gasteiger partial charge in [0.2, 0.25) is 5.78 Å². The summed E-state index contributed by atoms with van der Waals surface area (Å²) in [6.07, 6.45) is 0. The molecule has 5 rings (SSSR count). The highest BCUT2D eigenvalue weighted by molar-refractivity contribution is 5.82. The normalized spacial score (nSPS) is 11.2. The quantitative estimate of drug-likeness (QED) is 0.475. The zero-order chi connectivity index (χ0) is 19.8. The number of hydrogen-bond donors (Lipinski definition) is 0. The molecule has 2 heterocycles. The van der Waals surface area contributed by atoms with Gasteiger partial charge in [0, 0.05) is 5.56 Å². The minimum Gasteiger partial charge on any atom is -0.497 e. The fourth-order valence-electron chi connectivity index (χ4n) is 3.59. The Labute approximate surface area is 166 Å². The molecule has 0 aliphatic carbocycles. The number of aromatic nitrogens is 4. The summed E-state index contributed by atoms with van der Waals surface area (Å²) in [4.78, 5) is 13.2. The van der Waals surface area contributed by atoms with E-state index in [1.54, 1.807) is 11.7 Å². The minimum atomic E-state index is -0.0781. The van der Waals surface area contributed by atoms with E-state index in [1.165, 1.54) is 0 Å². The molecule has 6 heteroatoms. The number of benzene rings is 3. The zero-order valence-corrected chi connectivity index (χ0v) is 15.8. The van der Waals surface area contributed by atoms with E-state index < -0.39 is 0 Å².